The number of nitrogens with one attached hydrogen (secondary N) is 2. The van der Waals surface area contributed by atoms with Gasteiger partial charge in [-0.15, -0.1) is 21.5 Å². The number of nitrogens with zero attached hydrogens (tertiary/aromatic N) is 5. The van der Waals surface area contributed by atoms with Crippen molar-refractivity contribution in [3.8, 4) is 0 Å². The second-order valence-corrected chi connectivity index (χ2v) is 8.10. The molecule has 2 aromatic rings. The Balaban J connectivity index is 1.88. The van der Waals surface area contributed by atoms with Crippen LogP contribution in [0.25, 0.3) is 0 Å². The Hall–Kier alpha value is -1.61. The molecule has 0 saturated carbocycles. The van der Waals surface area contributed by atoms with Crippen molar-refractivity contribution in [1.82, 2.24) is 30.4 Å². The Bertz CT molecular complexity index is 693. The molecule has 0 spiro atoms. The average Bonchev–Trinajstić information content (AvgIpc) is 3.23. The van der Waals surface area contributed by atoms with Crippen LogP contribution >= 0.6 is 23.1 Å². The van der Waals surface area contributed by atoms with Gasteiger partial charge in [-0.1, -0.05) is 6.92 Å². The van der Waals surface area contributed by atoms with Crippen LogP contribution in [0.4, 0.5) is 0 Å². The largest absolute Gasteiger partial charge is 0.356 e. The molecule has 144 valence electrons. The SMILES string of the molecule is CCc1cnc(CCNC(=NCc2nnc(C)n2C)NCCCSC)s1. The summed E-state index contributed by atoms with van der Waals surface area (Å²) in [7, 11) is 1.97. The number of thioether (sulfide) groups is 1. The molecule has 2 heterocycles. The highest BCUT2D eigenvalue weighted by molar-refractivity contribution is 7.98. The molecule has 0 aliphatic heterocycles. The lowest BCUT2D eigenvalue weighted by atomic mass is 10.4. The van der Waals surface area contributed by atoms with Crippen molar-refractivity contribution < 1.29 is 0 Å². The van der Waals surface area contributed by atoms with Gasteiger partial charge in [0.2, 0.25) is 0 Å². The maximum absolute atomic E-state index is 4.67. The van der Waals surface area contributed by atoms with Crippen molar-refractivity contribution in [2.75, 3.05) is 25.1 Å². The van der Waals surface area contributed by atoms with E-state index in [-0.39, 0.29) is 0 Å². The van der Waals surface area contributed by atoms with E-state index in [2.05, 4.69) is 44.0 Å². The highest BCUT2D eigenvalue weighted by atomic mass is 32.2. The van der Waals surface area contributed by atoms with E-state index in [4.69, 9.17) is 0 Å². The van der Waals surface area contributed by atoms with Crippen molar-refractivity contribution in [2.45, 2.75) is 39.7 Å². The third kappa shape index (κ3) is 6.60. The number of hydrogen-bond acceptors (Lipinski definition) is 6. The lowest BCUT2D eigenvalue weighted by Gasteiger charge is -2.12. The number of aryl methyl sites for hydroxylation is 2. The van der Waals surface area contributed by atoms with Crippen molar-refractivity contribution in [3.63, 3.8) is 0 Å². The molecule has 2 rings (SSSR count). The van der Waals surface area contributed by atoms with Crippen LogP contribution in [-0.4, -0.2) is 50.8 Å². The van der Waals surface area contributed by atoms with E-state index in [1.54, 1.807) is 11.3 Å². The Morgan fingerprint density at radius 2 is 2.12 bits per heavy atom. The topological polar surface area (TPSA) is 80.0 Å². The Labute approximate surface area is 164 Å². The molecule has 0 radical (unpaired) electrons. The Kier molecular flexibility index (Phi) is 8.90. The summed E-state index contributed by atoms with van der Waals surface area (Å²) in [6.07, 6.45) is 7.16. The summed E-state index contributed by atoms with van der Waals surface area (Å²) in [6, 6.07) is 0. The van der Waals surface area contributed by atoms with E-state index in [0.29, 0.717) is 6.54 Å². The molecule has 0 aromatic carbocycles. The van der Waals surface area contributed by atoms with E-state index in [0.717, 1.165) is 55.7 Å². The number of thiazole rings is 1. The Morgan fingerprint density at radius 3 is 2.77 bits per heavy atom. The zero-order chi connectivity index (χ0) is 18.8. The molecule has 0 saturated heterocycles. The average molecular weight is 396 g/mol. The van der Waals surface area contributed by atoms with E-state index in [1.165, 1.54) is 9.88 Å². The molecule has 0 amide bonds. The maximum atomic E-state index is 4.67. The fraction of sp³-hybridized carbons (Fsp3) is 0.647. The van der Waals surface area contributed by atoms with E-state index < -0.39 is 0 Å². The molecule has 0 bridgehead atoms. The van der Waals surface area contributed by atoms with Crippen LogP contribution in [0.3, 0.4) is 0 Å². The van der Waals surface area contributed by atoms with Gasteiger partial charge in [-0.3, -0.25) is 0 Å². The highest BCUT2D eigenvalue weighted by Crippen LogP contribution is 2.13. The zero-order valence-corrected chi connectivity index (χ0v) is 17.7. The number of guanidine groups is 1. The second-order valence-electron chi connectivity index (χ2n) is 5.91. The first-order valence-corrected chi connectivity index (χ1v) is 11.1. The summed E-state index contributed by atoms with van der Waals surface area (Å²) in [5.41, 5.74) is 0. The number of hydrogen-bond donors (Lipinski definition) is 2. The summed E-state index contributed by atoms with van der Waals surface area (Å²) >= 11 is 3.65. The van der Waals surface area contributed by atoms with Gasteiger partial charge in [0, 0.05) is 37.6 Å². The molecular formula is C17H29N7S2. The third-order valence-electron chi connectivity index (χ3n) is 3.96. The summed E-state index contributed by atoms with van der Waals surface area (Å²) in [5.74, 6) is 3.72. The van der Waals surface area contributed by atoms with E-state index in [1.807, 2.05) is 36.5 Å². The maximum Gasteiger partial charge on any atom is 0.191 e. The van der Waals surface area contributed by atoms with Crippen LogP contribution in [0.2, 0.25) is 0 Å². The van der Waals surface area contributed by atoms with E-state index >= 15 is 0 Å². The van der Waals surface area contributed by atoms with Gasteiger partial charge >= 0.3 is 0 Å². The first-order chi connectivity index (χ1) is 12.6. The normalized spacial score (nSPS) is 11.8. The molecule has 0 aliphatic carbocycles. The molecule has 0 atom stereocenters. The van der Waals surface area contributed by atoms with Crippen LogP contribution in [0, 0.1) is 6.92 Å². The van der Waals surface area contributed by atoms with Crippen molar-refractivity contribution in [1.29, 1.82) is 0 Å². The van der Waals surface area contributed by atoms with Crippen molar-refractivity contribution >= 4 is 29.1 Å². The number of aliphatic imine (C=N–C) groups is 1. The predicted molar refractivity (Wildman–Crippen MR) is 111 cm³/mol. The first kappa shape index (κ1) is 20.7. The van der Waals surface area contributed by atoms with Crippen LogP contribution in [0.5, 0.6) is 0 Å². The van der Waals surface area contributed by atoms with Gasteiger partial charge in [0.1, 0.15) is 12.4 Å². The highest BCUT2D eigenvalue weighted by Gasteiger charge is 2.06. The smallest absolute Gasteiger partial charge is 0.191 e. The van der Waals surface area contributed by atoms with Gasteiger partial charge in [0.25, 0.3) is 0 Å². The standard InChI is InChI=1S/C17H29N7S2/c1-5-14-11-20-16(26-14)7-9-19-17(18-8-6-10-25-4)21-12-15-23-22-13(2)24(15)3/h11H,5-10,12H2,1-4H3,(H2,18,19,21). The molecule has 9 heteroatoms. The van der Waals surface area contributed by atoms with Crippen LogP contribution < -0.4 is 10.6 Å². The first-order valence-electron chi connectivity index (χ1n) is 8.93. The monoisotopic (exact) mass is 395 g/mol. The number of aromatic nitrogens is 4. The lowest BCUT2D eigenvalue weighted by molar-refractivity contribution is 0.741. The predicted octanol–water partition coefficient (Wildman–Crippen LogP) is 2.17. The lowest BCUT2D eigenvalue weighted by Crippen LogP contribution is -2.39. The minimum absolute atomic E-state index is 0.506. The third-order valence-corrected chi connectivity index (χ3v) is 5.86. The minimum atomic E-state index is 0.506. The van der Waals surface area contributed by atoms with Crippen molar-refractivity contribution in [3.05, 3.63) is 27.7 Å². The van der Waals surface area contributed by atoms with Crippen LogP contribution in [0.15, 0.2) is 11.2 Å². The molecule has 0 fully saturated rings. The second kappa shape index (κ2) is 11.2. The molecule has 0 unspecified atom stereocenters. The number of rotatable bonds is 10. The van der Waals surface area contributed by atoms with Crippen LogP contribution in [-0.2, 0) is 26.4 Å². The molecule has 7 nitrogen and oxygen atoms in total. The Morgan fingerprint density at radius 1 is 1.31 bits per heavy atom. The fourth-order valence-electron chi connectivity index (χ4n) is 2.25. The van der Waals surface area contributed by atoms with Gasteiger partial charge in [0.05, 0.1) is 5.01 Å². The van der Waals surface area contributed by atoms with Gasteiger partial charge in [0.15, 0.2) is 11.8 Å². The fourth-order valence-corrected chi connectivity index (χ4v) is 3.55. The minimum Gasteiger partial charge on any atom is -0.356 e. The summed E-state index contributed by atoms with van der Waals surface area (Å²) in [6.45, 7) is 6.32. The summed E-state index contributed by atoms with van der Waals surface area (Å²) in [4.78, 5) is 10.5. The van der Waals surface area contributed by atoms with Gasteiger partial charge in [-0.25, -0.2) is 9.98 Å². The zero-order valence-electron chi connectivity index (χ0n) is 16.1. The molecule has 2 aromatic heterocycles. The summed E-state index contributed by atoms with van der Waals surface area (Å²) in [5, 5.41) is 16.2. The van der Waals surface area contributed by atoms with Crippen molar-refractivity contribution in [2.24, 2.45) is 12.0 Å². The van der Waals surface area contributed by atoms with Gasteiger partial charge in [-0.05, 0) is 31.8 Å². The van der Waals surface area contributed by atoms with Gasteiger partial charge in [-0.2, -0.15) is 11.8 Å². The van der Waals surface area contributed by atoms with E-state index in [9.17, 15) is 0 Å². The molecule has 0 aliphatic rings. The van der Waals surface area contributed by atoms with Gasteiger partial charge < -0.3 is 15.2 Å². The van der Waals surface area contributed by atoms with Crippen LogP contribution in [0.1, 0.15) is 34.9 Å². The quantitative estimate of drug-likeness (QED) is 0.365. The molecular weight excluding hydrogens is 366 g/mol. The molecule has 26 heavy (non-hydrogen) atoms. The molecule has 2 N–H and O–H groups in total. The summed E-state index contributed by atoms with van der Waals surface area (Å²) < 4.78 is 1.97.